The van der Waals surface area contributed by atoms with Gasteiger partial charge in [-0.25, -0.2) is 0 Å². The molecule has 33 heavy (non-hydrogen) atoms. The minimum atomic E-state index is 0.464. The maximum Gasteiger partial charge on any atom is 0.0604 e. The molecule has 0 fully saturated rings. The lowest BCUT2D eigenvalue weighted by atomic mass is 9.97. The molecule has 0 aromatic carbocycles. The Hall–Kier alpha value is -2.17. The van der Waals surface area contributed by atoms with Crippen LogP contribution in [0.2, 0.25) is 0 Å². The van der Waals surface area contributed by atoms with E-state index in [0.717, 1.165) is 31.0 Å². The van der Waals surface area contributed by atoms with Gasteiger partial charge < -0.3 is 15.2 Å². The SMILES string of the molecule is C=C(c1c(C)n(CC2=CC=C(Cl)CC2)c2cc(C)sc12)C(C)C.CC.CNC1=CCNC=C1. The van der Waals surface area contributed by atoms with E-state index in [0.29, 0.717) is 5.92 Å². The second kappa shape index (κ2) is 12.9. The van der Waals surface area contributed by atoms with E-state index in [1.54, 1.807) is 0 Å². The maximum absolute atomic E-state index is 6.09. The number of likely N-dealkylation sites (N-methyl/N-ethyl adjacent to an activating group) is 1. The number of dihydropyridines is 1. The predicted molar refractivity (Wildman–Crippen MR) is 150 cm³/mol. The molecule has 2 aromatic rings. The van der Waals surface area contributed by atoms with Crippen molar-refractivity contribution in [1.29, 1.82) is 0 Å². The van der Waals surface area contributed by atoms with Gasteiger partial charge >= 0.3 is 0 Å². The molecule has 1 aliphatic heterocycles. The normalized spacial score (nSPS) is 14.9. The van der Waals surface area contributed by atoms with E-state index < -0.39 is 0 Å². The zero-order valence-electron chi connectivity index (χ0n) is 21.3. The molecule has 3 heterocycles. The summed E-state index contributed by atoms with van der Waals surface area (Å²) < 4.78 is 3.85. The van der Waals surface area contributed by atoms with Crippen LogP contribution in [0.15, 0.2) is 59.5 Å². The number of rotatable bonds is 5. The average molecular weight is 486 g/mol. The van der Waals surface area contributed by atoms with Crippen LogP contribution in [0.5, 0.6) is 0 Å². The highest BCUT2D eigenvalue weighted by molar-refractivity contribution is 7.19. The van der Waals surface area contributed by atoms with E-state index in [9.17, 15) is 0 Å². The molecule has 4 rings (SSSR count). The van der Waals surface area contributed by atoms with Gasteiger partial charge in [-0.15, -0.1) is 11.3 Å². The third kappa shape index (κ3) is 6.91. The molecule has 0 saturated heterocycles. The standard InChI is InChI=1S/C20H24ClNS.C6H10N2.C2H6/c1-12(2)14(4)19-15(5)22(18-10-13(3)23-20(18)19)11-16-6-8-17(21)9-7-16;1-7-6-2-4-8-5-3-6;1-2/h6,8,10,12H,4,7,9,11H2,1-3,5H3;2-4,7-8H,5H2,1H3;1-2H3. The molecule has 180 valence electrons. The van der Waals surface area contributed by atoms with E-state index in [2.05, 4.69) is 67.7 Å². The van der Waals surface area contributed by atoms with Gasteiger partial charge in [0.05, 0.1) is 10.2 Å². The molecule has 0 atom stereocenters. The van der Waals surface area contributed by atoms with Crippen LogP contribution in [-0.4, -0.2) is 18.2 Å². The third-order valence-corrected chi connectivity index (χ3v) is 7.17. The van der Waals surface area contributed by atoms with Crippen molar-refractivity contribution in [3.05, 3.63) is 75.6 Å². The van der Waals surface area contributed by atoms with Crippen LogP contribution in [0.25, 0.3) is 15.8 Å². The first kappa shape index (κ1) is 27.1. The topological polar surface area (TPSA) is 29.0 Å². The summed E-state index contributed by atoms with van der Waals surface area (Å²) in [6.45, 7) is 19.1. The quantitative estimate of drug-likeness (QED) is 0.448. The lowest BCUT2D eigenvalue weighted by Crippen LogP contribution is -2.14. The van der Waals surface area contributed by atoms with Gasteiger partial charge in [0.2, 0.25) is 0 Å². The molecule has 2 aliphatic rings. The number of halogens is 1. The van der Waals surface area contributed by atoms with Crippen LogP contribution in [-0.2, 0) is 6.54 Å². The van der Waals surface area contributed by atoms with Crippen molar-refractivity contribution < 1.29 is 0 Å². The van der Waals surface area contributed by atoms with Gasteiger partial charge in [0.1, 0.15) is 0 Å². The Morgan fingerprint density at radius 2 is 1.97 bits per heavy atom. The first-order valence-electron chi connectivity index (χ1n) is 11.9. The fourth-order valence-electron chi connectivity index (χ4n) is 3.86. The molecule has 0 bridgehead atoms. The van der Waals surface area contributed by atoms with Gasteiger partial charge in [-0.1, -0.05) is 57.5 Å². The van der Waals surface area contributed by atoms with Crippen molar-refractivity contribution in [2.75, 3.05) is 13.6 Å². The van der Waals surface area contributed by atoms with Crippen LogP contribution in [0, 0.1) is 19.8 Å². The van der Waals surface area contributed by atoms with E-state index in [4.69, 9.17) is 11.6 Å². The summed E-state index contributed by atoms with van der Waals surface area (Å²) in [5.74, 6) is 0.464. The summed E-state index contributed by atoms with van der Waals surface area (Å²) in [4.78, 5) is 1.36. The van der Waals surface area contributed by atoms with Crippen LogP contribution < -0.4 is 10.6 Å². The Labute approximate surface area is 209 Å². The number of nitrogens with zero attached hydrogens (tertiary/aromatic N) is 1. The van der Waals surface area contributed by atoms with Crippen molar-refractivity contribution in [3.63, 3.8) is 0 Å². The number of aromatic nitrogens is 1. The fraction of sp³-hybridized carbons (Fsp3) is 0.429. The molecule has 0 radical (unpaired) electrons. The minimum Gasteiger partial charge on any atom is -0.388 e. The molecule has 1 aliphatic carbocycles. The van der Waals surface area contributed by atoms with Gasteiger partial charge in [0, 0.05) is 47.0 Å². The van der Waals surface area contributed by atoms with Crippen LogP contribution in [0.3, 0.4) is 0 Å². The van der Waals surface area contributed by atoms with Crippen molar-refractivity contribution in [1.82, 2.24) is 15.2 Å². The summed E-state index contributed by atoms with van der Waals surface area (Å²) in [6.07, 6.45) is 12.3. The molecule has 2 N–H and O–H groups in total. The molecule has 2 aromatic heterocycles. The van der Waals surface area contributed by atoms with Gasteiger partial charge in [-0.2, -0.15) is 0 Å². The first-order valence-corrected chi connectivity index (χ1v) is 13.1. The lowest BCUT2D eigenvalue weighted by Gasteiger charge is -2.15. The maximum atomic E-state index is 6.09. The number of nitrogens with one attached hydrogen (secondary N) is 2. The van der Waals surface area contributed by atoms with Crippen LogP contribution in [0.4, 0.5) is 0 Å². The fourth-order valence-corrected chi connectivity index (χ4v) is 5.16. The van der Waals surface area contributed by atoms with Gasteiger partial charge in [-0.05, 0) is 68.7 Å². The molecular formula is C28H40ClN3S. The Bertz CT molecular complexity index is 1080. The summed E-state index contributed by atoms with van der Waals surface area (Å²) in [5, 5.41) is 7.05. The smallest absolute Gasteiger partial charge is 0.0604 e. The Balaban J connectivity index is 0.000000323. The van der Waals surface area contributed by atoms with Crippen molar-refractivity contribution in [2.24, 2.45) is 5.92 Å². The average Bonchev–Trinajstić information content (AvgIpc) is 3.31. The zero-order valence-corrected chi connectivity index (χ0v) is 22.9. The highest BCUT2D eigenvalue weighted by atomic mass is 35.5. The zero-order chi connectivity index (χ0) is 24.5. The van der Waals surface area contributed by atoms with E-state index in [1.807, 2.05) is 50.6 Å². The van der Waals surface area contributed by atoms with Gasteiger partial charge in [-0.3, -0.25) is 0 Å². The molecular weight excluding hydrogens is 446 g/mol. The number of hydrogen-bond donors (Lipinski definition) is 2. The van der Waals surface area contributed by atoms with Gasteiger partial charge in [0.15, 0.2) is 0 Å². The largest absolute Gasteiger partial charge is 0.388 e. The van der Waals surface area contributed by atoms with E-state index in [-0.39, 0.29) is 0 Å². The highest BCUT2D eigenvalue weighted by Crippen LogP contribution is 2.39. The summed E-state index contributed by atoms with van der Waals surface area (Å²) in [7, 11) is 1.92. The van der Waals surface area contributed by atoms with Crippen molar-refractivity contribution >= 4 is 38.7 Å². The number of thiophene rings is 1. The third-order valence-electron chi connectivity index (χ3n) is 5.79. The molecule has 0 unspecified atom stereocenters. The molecule has 0 saturated carbocycles. The monoisotopic (exact) mass is 485 g/mol. The van der Waals surface area contributed by atoms with Crippen molar-refractivity contribution in [3.8, 4) is 0 Å². The Kier molecular flexibility index (Phi) is 10.6. The van der Waals surface area contributed by atoms with Crippen LogP contribution >= 0.6 is 22.9 Å². The lowest BCUT2D eigenvalue weighted by molar-refractivity contribution is 0.739. The molecule has 0 spiro atoms. The second-order valence-electron chi connectivity index (χ2n) is 8.39. The highest BCUT2D eigenvalue weighted by Gasteiger charge is 2.20. The Morgan fingerprint density at radius 3 is 2.48 bits per heavy atom. The second-order valence-corrected chi connectivity index (χ2v) is 10.1. The number of aryl methyl sites for hydroxylation is 1. The van der Waals surface area contributed by atoms with E-state index >= 15 is 0 Å². The summed E-state index contributed by atoms with van der Waals surface area (Å²) >= 11 is 7.98. The minimum absolute atomic E-state index is 0.464. The first-order chi connectivity index (χ1) is 15.8. The number of fused-ring (bicyclic) bond motifs is 1. The summed E-state index contributed by atoms with van der Waals surface area (Å²) in [5.41, 5.74) is 7.92. The predicted octanol–water partition coefficient (Wildman–Crippen LogP) is 8.06. The Morgan fingerprint density at radius 1 is 1.24 bits per heavy atom. The molecule has 3 nitrogen and oxygen atoms in total. The number of allylic oxidation sites excluding steroid dienone is 6. The van der Waals surface area contributed by atoms with Gasteiger partial charge in [0.25, 0.3) is 0 Å². The number of hydrogen-bond acceptors (Lipinski definition) is 3. The van der Waals surface area contributed by atoms with Crippen molar-refractivity contribution in [2.45, 2.75) is 60.9 Å². The molecule has 0 amide bonds. The van der Waals surface area contributed by atoms with Crippen LogP contribution in [0.1, 0.15) is 56.7 Å². The van der Waals surface area contributed by atoms with E-state index in [1.165, 1.54) is 43.2 Å². The molecule has 5 heteroatoms. The summed E-state index contributed by atoms with van der Waals surface area (Å²) in [6, 6.07) is 2.32.